The van der Waals surface area contributed by atoms with Gasteiger partial charge in [0.1, 0.15) is 0 Å². The van der Waals surface area contributed by atoms with Gasteiger partial charge in [-0.05, 0) is 105 Å². The molecule has 0 heterocycles. The van der Waals surface area contributed by atoms with E-state index in [0.29, 0.717) is 10.8 Å². The zero-order valence-corrected chi connectivity index (χ0v) is 18.8. The van der Waals surface area contributed by atoms with Crippen LogP contribution in [0.4, 0.5) is 0 Å². The molecule has 4 aliphatic carbocycles. The largest absolute Gasteiger partial charge is 0.393 e. The zero-order chi connectivity index (χ0) is 20.1. The van der Waals surface area contributed by atoms with E-state index in [4.69, 9.17) is 0 Å². The van der Waals surface area contributed by atoms with Crippen LogP contribution in [0.25, 0.3) is 0 Å². The highest BCUT2D eigenvalue weighted by molar-refractivity contribution is 5.25. The van der Waals surface area contributed by atoms with Crippen LogP contribution in [0.3, 0.4) is 0 Å². The molecule has 0 aromatic heterocycles. The highest BCUT2D eigenvalue weighted by Crippen LogP contribution is 2.67. The Labute approximate surface area is 173 Å². The molecule has 2 nitrogen and oxygen atoms in total. The number of aliphatic hydroxyl groups excluding tert-OH is 2. The van der Waals surface area contributed by atoms with Crippen molar-refractivity contribution < 1.29 is 10.2 Å². The van der Waals surface area contributed by atoms with E-state index >= 15 is 0 Å². The summed E-state index contributed by atoms with van der Waals surface area (Å²) < 4.78 is 0. The van der Waals surface area contributed by atoms with Crippen LogP contribution in [-0.2, 0) is 0 Å². The van der Waals surface area contributed by atoms with Gasteiger partial charge in [0.05, 0.1) is 12.2 Å². The summed E-state index contributed by atoms with van der Waals surface area (Å²) in [5.41, 5.74) is 2.49. The van der Waals surface area contributed by atoms with E-state index < -0.39 is 0 Å². The van der Waals surface area contributed by atoms with Crippen LogP contribution >= 0.6 is 0 Å². The van der Waals surface area contributed by atoms with Crippen LogP contribution < -0.4 is 0 Å². The van der Waals surface area contributed by atoms with E-state index in [9.17, 15) is 10.2 Å². The number of aliphatic hydroxyl groups is 2. The predicted octanol–water partition coefficient (Wildman–Crippen LogP) is 6.11. The highest BCUT2D eigenvalue weighted by Gasteiger charge is 2.59. The highest BCUT2D eigenvalue weighted by atomic mass is 16.3. The van der Waals surface area contributed by atoms with Gasteiger partial charge in [-0.3, -0.25) is 0 Å². The second-order valence-corrected chi connectivity index (χ2v) is 11.6. The number of hydrogen-bond donors (Lipinski definition) is 2. The fraction of sp³-hybridized carbons (Fsp3) is 0.923. The Hall–Kier alpha value is -0.340. The average molecular weight is 389 g/mol. The van der Waals surface area contributed by atoms with Crippen molar-refractivity contribution in [3.8, 4) is 0 Å². The van der Waals surface area contributed by atoms with Gasteiger partial charge in [0, 0.05) is 0 Å². The summed E-state index contributed by atoms with van der Waals surface area (Å²) in [4.78, 5) is 0. The second-order valence-electron chi connectivity index (χ2n) is 11.6. The standard InChI is InChI=1S/C26H44O2/c1-17(6-5-7-18(2)27)22-10-11-23-21-9-8-19-16-20(28)12-14-25(19,3)24(21)13-15-26(22,23)4/h8,17-18,20-24,27-28H,5-7,9-16H2,1-4H3/t17-,18+,20?,21+,22-,23+,24+,25+,26-/m1/s1. The Morgan fingerprint density at radius 3 is 2.57 bits per heavy atom. The second kappa shape index (κ2) is 7.73. The quantitative estimate of drug-likeness (QED) is 0.558. The summed E-state index contributed by atoms with van der Waals surface area (Å²) in [6, 6.07) is 0. The summed E-state index contributed by atoms with van der Waals surface area (Å²) in [6.45, 7) is 9.60. The monoisotopic (exact) mass is 388 g/mol. The lowest BCUT2D eigenvalue weighted by Gasteiger charge is -2.58. The van der Waals surface area contributed by atoms with Gasteiger partial charge in [-0.15, -0.1) is 0 Å². The normalized spacial score (nSPS) is 47.5. The first kappa shape index (κ1) is 20.9. The molecule has 0 spiro atoms. The van der Waals surface area contributed by atoms with E-state index in [2.05, 4.69) is 26.8 Å². The molecule has 0 aromatic carbocycles. The van der Waals surface area contributed by atoms with Gasteiger partial charge in [-0.1, -0.05) is 45.3 Å². The molecule has 4 aliphatic rings. The fourth-order valence-electron chi connectivity index (χ4n) is 8.55. The minimum Gasteiger partial charge on any atom is -0.393 e. The summed E-state index contributed by atoms with van der Waals surface area (Å²) in [7, 11) is 0. The molecule has 3 saturated carbocycles. The van der Waals surface area contributed by atoms with Gasteiger partial charge >= 0.3 is 0 Å². The van der Waals surface area contributed by atoms with E-state index in [1.807, 2.05) is 6.92 Å². The first-order valence-electron chi connectivity index (χ1n) is 12.3. The summed E-state index contributed by atoms with van der Waals surface area (Å²) >= 11 is 0. The van der Waals surface area contributed by atoms with Crippen LogP contribution in [0.5, 0.6) is 0 Å². The van der Waals surface area contributed by atoms with Gasteiger partial charge in [0.25, 0.3) is 0 Å². The summed E-state index contributed by atoms with van der Waals surface area (Å²) in [5, 5.41) is 19.8. The SMILES string of the molecule is C[C@H](O)CCC[C@@H](C)[C@H]1CC[C@H]2[C@@H]3CC=C4CC(O)CC[C@]4(C)[C@H]3CC[C@]12C. The van der Waals surface area contributed by atoms with Crippen LogP contribution in [-0.4, -0.2) is 22.4 Å². The average Bonchev–Trinajstić information content (AvgIpc) is 2.99. The van der Waals surface area contributed by atoms with Crippen LogP contribution in [0.15, 0.2) is 11.6 Å². The molecule has 160 valence electrons. The van der Waals surface area contributed by atoms with E-state index in [1.165, 1.54) is 51.4 Å². The number of fused-ring (bicyclic) bond motifs is 5. The summed E-state index contributed by atoms with van der Waals surface area (Å²) in [5.74, 6) is 4.29. The molecular formula is C26H44O2. The smallest absolute Gasteiger partial charge is 0.0577 e. The van der Waals surface area contributed by atoms with E-state index in [-0.39, 0.29) is 12.2 Å². The van der Waals surface area contributed by atoms with Crippen molar-refractivity contribution >= 4 is 0 Å². The molecular weight excluding hydrogens is 344 g/mol. The van der Waals surface area contributed by atoms with Gasteiger partial charge in [-0.2, -0.15) is 0 Å². The first-order valence-corrected chi connectivity index (χ1v) is 12.3. The van der Waals surface area contributed by atoms with Gasteiger partial charge in [0.15, 0.2) is 0 Å². The molecule has 2 N–H and O–H groups in total. The Balaban J connectivity index is 1.49. The molecule has 9 atom stereocenters. The molecule has 1 unspecified atom stereocenters. The molecule has 0 aliphatic heterocycles. The number of allylic oxidation sites excluding steroid dienone is 1. The maximum atomic E-state index is 10.2. The Morgan fingerprint density at radius 1 is 1.04 bits per heavy atom. The Morgan fingerprint density at radius 2 is 1.82 bits per heavy atom. The van der Waals surface area contributed by atoms with Crippen molar-refractivity contribution in [3.63, 3.8) is 0 Å². The minimum atomic E-state index is -0.146. The topological polar surface area (TPSA) is 40.5 Å². The van der Waals surface area contributed by atoms with Crippen molar-refractivity contribution in [2.75, 3.05) is 0 Å². The summed E-state index contributed by atoms with van der Waals surface area (Å²) in [6.07, 6.45) is 15.8. The van der Waals surface area contributed by atoms with E-state index in [0.717, 1.165) is 48.9 Å². The fourth-order valence-corrected chi connectivity index (χ4v) is 8.55. The molecule has 4 rings (SSSR count). The van der Waals surface area contributed by atoms with E-state index in [1.54, 1.807) is 5.57 Å². The molecule has 28 heavy (non-hydrogen) atoms. The van der Waals surface area contributed by atoms with Gasteiger partial charge < -0.3 is 10.2 Å². The number of hydrogen-bond acceptors (Lipinski definition) is 2. The Kier molecular flexibility index (Phi) is 5.77. The van der Waals surface area contributed by atoms with Crippen molar-refractivity contribution in [1.82, 2.24) is 0 Å². The molecule has 0 radical (unpaired) electrons. The van der Waals surface area contributed by atoms with Crippen molar-refractivity contribution in [2.45, 2.75) is 111 Å². The lowest BCUT2D eigenvalue weighted by Crippen LogP contribution is -2.50. The van der Waals surface area contributed by atoms with Crippen LogP contribution in [0.2, 0.25) is 0 Å². The molecule has 2 heteroatoms. The van der Waals surface area contributed by atoms with Crippen molar-refractivity contribution in [2.24, 2.45) is 40.4 Å². The lowest BCUT2D eigenvalue weighted by atomic mass is 9.47. The number of rotatable bonds is 5. The first-order chi connectivity index (χ1) is 13.3. The lowest BCUT2D eigenvalue weighted by molar-refractivity contribution is -0.0573. The minimum absolute atomic E-state index is 0.0944. The third kappa shape index (κ3) is 3.41. The maximum absolute atomic E-state index is 10.2. The molecule has 0 saturated heterocycles. The predicted molar refractivity (Wildman–Crippen MR) is 116 cm³/mol. The van der Waals surface area contributed by atoms with Gasteiger partial charge in [-0.25, -0.2) is 0 Å². The van der Waals surface area contributed by atoms with Crippen molar-refractivity contribution in [1.29, 1.82) is 0 Å². The van der Waals surface area contributed by atoms with Crippen LogP contribution in [0.1, 0.15) is 98.3 Å². The zero-order valence-electron chi connectivity index (χ0n) is 18.8. The molecule has 3 fully saturated rings. The Bertz CT molecular complexity index is 595. The van der Waals surface area contributed by atoms with Crippen LogP contribution in [0, 0.1) is 40.4 Å². The maximum Gasteiger partial charge on any atom is 0.0577 e. The molecule has 0 amide bonds. The van der Waals surface area contributed by atoms with Gasteiger partial charge in [0.2, 0.25) is 0 Å². The molecule has 0 aromatic rings. The third-order valence-electron chi connectivity index (χ3n) is 10.1. The van der Waals surface area contributed by atoms with Crippen molar-refractivity contribution in [3.05, 3.63) is 11.6 Å². The molecule has 0 bridgehead atoms. The third-order valence-corrected chi connectivity index (χ3v) is 10.1.